The van der Waals surface area contributed by atoms with E-state index in [1.165, 1.54) is 5.56 Å². The van der Waals surface area contributed by atoms with Gasteiger partial charge >= 0.3 is 0 Å². The summed E-state index contributed by atoms with van der Waals surface area (Å²) in [6.07, 6.45) is 2.28. The Labute approximate surface area is 150 Å². The van der Waals surface area contributed by atoms with Gasteiger partial charge in [-0.25, -0.2) is 0 Å². The van der Waals surface area contributed by atoms with Gasteiger partial charge in [0.15, 0.2) is 5.60 Å². The van der Waals surface area contributed by atoms with Crippen LogP contribution < -0.4 is 0 Å². The molecule has 1 aliphatic rings. The number of aliphatic hydroxyl groups is 1. The number of aliphatic hydroxyl groups excluding tert-OH is 1. The van der Waals surface area contributed by atoms with Crippen LogP contribution in [-0.4, -0.2) is 23.2 Å². The van der Waals surface area contributed by atoms with Crippen LogP contribution in [0.4, 0.5) is 0 Å². The fraction of sp³-hybridized carbons (Fsp3) is 0.316. The van der Waals surface area contributed by atoms with Gasteiger partial charge in [-0.05, 0) is 29.3 Å². The minimum Gasteiger partial charge on any atom is -0.479 e. The first kappa shape index (κ1) is 17.3. The Kier molecular flexibility index (Phi) is 5.43. The lowest BCUT2D eigenvalue weighted by molar-refractivity contribution is -0.129. The van der Waals surface area contributed by atoms with Gasteiger partial charge in [-0.2, -0.15) is 23.1 Å². The van der Waals surface area contributed by atoms with Crippen LogP contribution >= 0.6 is 23.1 Å². The predicted octanol–water partition coefficient (Wildman–Crippen LogP) is 4.30. The van der Waals surface area contributed by atoms with E-state index in [-0.39, 0.29) is 17.6 Å². The summed E-state index contributed by atoms with van der Waals surface area (Å²) >= 11 is 3.34. The standard InChI is InChI=1S/C19H20O3S2/c1-19(15-5-3-2-4-6-15)18(21)12-16(22-19)11-17(24-10-8-20)14-7-9-23-13-14/h2-7,9,12-13,17,20H,8,10-11H2,1H3. The van der Waals surface area contributed by atoms with E-state index in [0.717, 1.165) is 5.56 Å². The van der Waals surface area contributed by atoms with Gasteiger partial charge in [0.05, 0.1) is 6.61 Å². The van der Waals surface area contributed by atoms with Crippen molar-refractivity contribution in [2.24, 2.45) is 0 Å². The molecular formula is C19H20O3S2. The molecule has 1 N–H and O–H groups in total. The monoisotopic (exact) mass is 360 g/mol. The van der Waals surface area contributed by atoms with E-state index in [4.69, 9.17) is 9.84 Å². The van der Waals surface area contributed by atoms with Crippen molar-refractivity contribution in [3.05, 3.63) is 70.1 Å². The Hall–Kier alpha value is -1.56. The molecule has 3 nitrogen and oxygen atoms in total. The maximum Gasteiger partial charge on any atom is 0.206 e. The van der Waals surface area contributed by atoms with Crippen molar-refractivity contribution in [3.63, 3.8) is 0 Å². The largest absolute Gasteiger partial charge is 0.479 e. The van der Waals surface area contributed by atoms with Gasteiger partial charge in [-0.3, -0.25) is 4.79 Å². The van der Waals surface area contributed by atoms with Crippen LogP contribution in [0.25, 0.3) is 0 Å². The van der Waals surface area contributed by atoms with Gasteiger partial charge in [0.25, 0.3) is 0 Å². The van der Waals surface area contributed by atoms with Crippen LogP contribution in [-0.2, 0) is 15.1 Å². The Bertz CT molecular complexity index is 709. The Morgan fingerprint density at radius 1 is 1.29 bits per heavy atom. The number of rotatable bonds is 7. The molecule has 0 spiro atoms. The minimum absolute atomic E-state index is 0.0140. The van der Waals surface area contributed by atoms with E-state index < -0.39 is 5.60 Å². The zero-order chi connectivity index (χ0) is 17.0. The number of thiophene rings is 1. The number of hydrogen-bond acceptors (Lipinski definition) is 5. The molecule has 1 aliphatic heterocycles. The first-order chi connectivity index (χ1) is 11.6. The Balaban J connectivity index is 1.76. The fourth-order valence-electron chi connectivity index (χ4n) is 2.79. The quantitative estimate of drug-likeness (QED) is 0.799. The molecule has 2 heterocycles. The molecule has 2 unspecified atom stereocenters. The fourth-order valence-corrected chi connectivity index (χ4v) is 4.60. The maximum absolute atomic E-state index is 12.5. The molecule has 3 rings (SSSR count). The van der Waals surface area contributed by atoms with Crippen molar-refractivity contribution in [1.29, 1.82) is 0 Å². The summed E-state index contributed by atoms with van der Waals surface area (Å²) in [5.41, 5.74) is 1.15. The van der Waals surface area contributed by atoms with Gasteiger partial charge in [-0.15, -0.1) is 0 Å². The van der Waals surface area contributed by atoms with E-state index in [2.05, 4.69) is 11.4 Å². The Morgan fingerprint density at radius 2 is 2.08 bits per heavy atom. The predicted molar refractivity (Wildman–Crippen MR) is 99.2 cm³/mol. The van der Waals surface area contributed by atoms with Crippen LogP contribution in [0.2, 0.25) is 0 Å². The van der Waals surface area contributed by atoms with Crippen molar-refractivity contribution < 1.29 is 14.6 Å². The van der Waals surface area contributed by atoms with Crippen molar-refractivity contribution >= 4 is 28.9 Å². The van der Waals surface area contributed by atoms with Crippen molar-refractivity contribution in [2.45, 2.75) is 24.2 Å². The van der Waals surface area contributed by atoms with E-state index in [1.807, 2.05) is 42.6 Å². The molecule has 2 atom stereocenters. The Morgan fingerprint density at radius 3 is 2.75 bits per heavy atom. The molecule has 126 valence electrons. The van der Waals surface area contributed by atoms with E-state index in [0.29, 0.717) is 17.9 Å². The smallest absolute Gasteiger partial charge is 0.206 e. The summed E-state index contributed by atoms with van der Waals surface area (Å²) in [4.78, 5) is 12.5. The van der Waals surface area contributed by atoms with E-state index >= 15 is 0 Å². The number of ether oxygens (including phenoxy) is 1. The number of ketones is 1. The summed E-state index contributed by atoms with van der Waals surface area (Å²) < 4.78 is 6.09. The van der Waals surface area contributed by atoms with E-state index in [1.54, 1.807) is 29.2 Å². The third kappa shape index (κ3) is 3.58. The highest BCUT2D eigenvalue weighted by atomic mass is 32.2. The van der Waals surface area contributed by atoms with Gasteiger partial charge in [-0.1, -0.05) is 30.3 Å². The molecular weight excluding hydrogens is 340 g/mol. The van der Waals surface area contributed by atoms with Crippen LogP contribution in [0.5, 0.6) is 0 Å². The van der Waals surface area contributed by atoms with Gasteiger partial charge in [0.1, 0.15) is 5.76 Å². The molecule has 0 amide bonds. The topological polar surface area (TPSA) is 46.5 Å². The first-order valence-electron chi connectivity index (χ1n) is 7.87. The molecule has 1 aromatic carbocycles. The average Bonchev–Trinajstić information content (AvgIpc) is 3.22. The van der Waals surface area contributed by atoms with Gasteiger partial charge in [0.2, 0.25) is 5.78 Å². The average molecular weight is 360 g/mol. The van der Waals surface area contributed by atoms with E-state index in [9.17, 15) is 4.79 Å². The third-order valence-corrected chi connectivity index (χ3v) is 6.09. The molecule has 5 heteroatoms. The summed E-state index contributed by atoms with van der Waals surface area (Å²) in [5.74, 6) is 1.37. The van der Waals surface area contributed by atoms with Crippen molar-refractivity contribution in [2.75, 3.05) is 12.4 Å². The zero-order valence-corrected chi connectivity index (χ0v) is 15.1. The van der Waals surface area contributed by atoms with Gasteiger partial charge < -0.3 is 9.84 Å². The first-order valence-corrected chi connectivity index (χ1v) is 9.87. The molecule has 0 radical (unpaired) electrons. The van der Waals surface area contributed by atoms with Crippen molar-refractivity contribution in [1.82, 2.24) is 0 Å². The SMILES string of the molecule is CC1(c2ccccc2)OC(CC(SCCO)c2ccsc2)=CC1=O. The number of hydrogen-bond donors (Lipinski definition) is 1. The van der Waals surface area contributed by atoms with Crippen LogP contribution in [0.3, 0.4) is 0 Å². The number of carbonyl (C=O) groups excluding carboxylic acids is 1. The molecule has 0 aliphatic carbocycles. The van der Waals surface area contributed by atoms with Crippen molar-refractivity contribution in [3.8, 4) is 0 Å². The number of thioether (sulfide) groups is 1. The lowest BCUT2D eigenvalue weighted by Gasteiger charge is -2.25. The number of allylic oxidation sites excluding steroid dienone is 1. The third-order valence-electron chi connectivity index (χ3n) is 4.13. The second-order valence-corrected chi connectivity index (χ2v) is 7.91. The zero-order valence-electron chi connectivity index (χ0n) is 13.5. The summed E-state index contributed by atoms with van der Waals surface area (Å²) in [6, 6.07) is 11.7. The summed E-state index contributed by atoms with van der Waals surface area (Å²) in [5, 5.41) is 13.5. The lowest BCUT2D eigenvalue weighted by Crippen LogP contribution is -2.29. The van der Waals surface area contributed by atoms with Crippen LogP contribution in [0.1, 0.15) is 29.7 Å². The minimum atomic E-state index is -0.933. The van der Waals surface area contributed by atoms with Crippen LogP contribution in [0, 0.1) is 0 Å². The molecule has 0 fully saturated rings. The summed E-state index contributed by atoms with van der Waals surface area (Å²) in [7, 11) is 0. The lowest BCUT2D eigenvalue weighted by atomic mass is 9.92. The molecule has 0 bridgehead atoms. The molecule has 0 saturated carbocycles. The number of carbonyl (C=O) groups is 1. The normalized spacial score (nSPS) is 21.4. The highest BCUT2D eigenvalue weighted by molar-refractivity contribution is 7.99. The maximum atomic E-state index is 12.5. The summed E-state index contributed by atoms with van der Waals surface area (Å²) in [6.45, 7) is 1.97. The van der Waals surface area contributed by atoms with Gasteiger partial charge in [0, 0.05) is 29.1 Å². The second kappa shape index (κ2) is 7.55. The molecule has 2 aromatic rings. The number of benzene rings is 1. The molecule has 0 saturated heterocycles. The second-order valence-electron chi connectivity index (χ2n) is 5.82. The highest BCUT2D eigenvalue weighted by Gasteiger charge is 2.42. The molecule has 1 aromatic heterocycles. The molecule has 24 heavy (non-hydrogen) atoms. The van der Waals surface area contributed by atoms with Crippen LogP contribution in [0.15, 0.2) is 59.0 Å². The highest BCUT2D eigenvalue weighted by Crippen LogP contribution is 2.41.